The van der Waals surface area contributed by atoms with Crippen LogP contribution in [0.1, 0.15) is 46.1 Å². The molecule has 1 aromatic heterocycles. The monoisotopic (exact) mass is 443 g/mol. The van der Waals surface area contributed by atoms with Gasteiger partial charge < -0.3 is 15.0 Å². The molecule has 1 fully saturated rings. The molecule has 0 spiro atoms. The highest BCUT2D eigenvalue weighted by molar-refractivity contribution is 5.94. The average molecular weight is 444 g/mol. The standard InChI is InChI=1S/C27H29N3O3/c1-19-10-12-21(13-11-19)27(32)30-17-14-20(15-18-30)26(31)29-25(23-8-5-6-16-28-23)22-7-3-4-9-24(22)33-2/h3-13,16,20,25H,14-15,17-18H2,1-2H3,(H,29,31). The first-order chi connectivity index (χ1) is 16.1. The highest BCUT2D eigenvalue weighted by atomic mass is 16.5. The first-order valence-electron chi connectivity index (χ1n) is 11.3. The zero-order valence-electron chi connectivity index (χ0n) is 19.0. The predicted octanol–water partition coefficient (Wildman–Crippen LogP) is 4.16. The molecule has 1 aliphatic rings. The van der Waals surface area contributed by atoms with E-state index in [4.69, 9.17) is 4.74 Å². The Morgan fingerprint density at radius 1 is 1.00 bits per heavy atom. The maximum absolute atomic E-state index is 13.3. The summed E-state index contributed by atoms with van der Waals surface area (Å²) in [4.78, 5) is 32.4. The molecule has 1 saturated heterocycles. The molecule has 1 N–H and O–H groups in total. The number of benzene rings is 2. The second-order valence-electron chi connectivity index (χ2n) is 8.37. The molecule has 6 heteroatoms. The van der Waals surface area contributed by atoms with E-state index < -0.39 is 6.04 Å². The van der Waals surface area contributed by atoms with Crippen LogP contribution < -0.4 is 10.1 Å². The van der Waals surface area contributed by atoms with Crippen molar-refractivity contribution in [3.63, 3.8) is 0 Å². The number of nitrogens with zero attached hydrogens (tertiary/aromatic N) is 2. The molecule has 2 amide bonds. The number of carbonyl (C=O) groups excluding carboxylic acids is 2. The van der Waals surface area contributed by atoms with Gasteiger partial charge in [-0.2, -0.15) is 0 Å². The Morgan fingerprint density at radius 3 is 2.36 bits per heavy atom. The van der Waals surface area contributed by atoms with Gasteiger partial charge in [0.25, 0.3) is 5.91 Å². The summed E-state index contributed by atoms with van der Waals surface area (Å²) < 4.78 is 5.54. The van der Waals surface area contributed by atoms with E-state index in [-0.39, 0.29) is 17.7 Å². The van der Waals surface area contributed by atoms with Crippen molar-refractivity contribution in [3.05, 3.63) is 95.3 Å². The molecule has 0 radical (unpaired) electrons. The van der Waals surface area contributed by atoms with Gasteiger partial charge in [-0.05, 0) is 50.1 Å². The van der Waals surface area contributed by atoms with E-state index in [1.54, 1.807) is 13.3 Å². The van der Waals surface area contributed by atoms with Crippen LogP contribution in [0.2, 0.25) is 0 Å². The van der Waals surface area contributed by atoms with Crippen molar-refractivity contribution in [1.82, 2.24) is 15.2 Å². The third kappa shape index (κ3) is 5.22. The van der Waals surface area contributed by atoms with Crippen molar-refractivity contribution in [2.24, 2.45) is 5.92 Å². The first-order valence-corrected chi connectivity index (χ1v) is 11.3. The van der Waals surface area contributed by atoms with E-state index in [2.05, 4.69) is 10.3 Å². The summed E-state index contributed by atoms with van der Waals surface area (Å²) in [5.74, 6) is 0.535. The van der Waals surface area contributed by atoms with E-state index in [0.29, 0.717) is 37.2 Å². The number of aryl methyl sites for hydroxylation is 1. The number of likely N-dealkylation sites (tertiary alicyclic amines) is 1. The normalized spacial score (nSPS) is 15.0. The van der Waals surface area contributed by atoms with Gasteiger partial charge in [0.1, 0.15) is 5.75 Å². The fourth-order valence-corrected chi connectivity index (χ4v) is 4.25. The summed E-state index contributed by atoms with van der Waals surface area (Å²) in [6.07, 6.45) is 2.98. The second kappa shape index (κ2) is 10.3. The summed E-state index contributed by atoms with van der Waals surface area (Å²) >= 11 is 0. The summed E-state index contributed by atoms with van der Waals surface area (Å²) in [6, 6.07) is 20.5. The van der Waals surface area contributed by atoms with Gasteiger partial charge in [0.2, 0.25) is 5.91 Å². The maximum atomic E-state index is 13.3. The Morgan fingerprint density at radius 2 is 1.70 bits per heavy atom. The molecule has 1 atom stereocenters. The summed E-state index contributed by atoms with van der Waals surface area (Å²) in [5.41, 5.74) is 3.43. The number of aromatic nitrogens is 1. The molecule has 0 saturated carbocycles. The fraction of sp³-hybridized carbons (Fsp3) is 0.296. The van der Waals surface area contributed by atoms with Crippen molar-refractivity contribution in [2.75, 3.05) is 20.2 Å². The van der Waals surface area contributed by atoms with Gasteiger partial charge in [0, 0.05) is 36.3 Å². The van der Waals surface area contributed by atoms with E-state index in [9.17, 15) is 9.59 Å². The van der Waals surface area contributed by atoms with Crippen LogP contribution in [0.15, 0.2) is 72.9 Å². The van der Waals surface area contributed by atoms with Crippen LogP contribution in [0.3, 0.4) is 0 Å². The van der Waals surface area contributed by atoms with Gasteiger partial charge in [-0.15, -0.1) is 0 Å². The van der Waals surface area contributed by atoms with E-state index >= 15 is 0 Å². The lowest BCUT2D eigenvalue weighted by Crippen LogP contribution is -2.44. The van der Waals surface area contributed by atoms with Crippen molar-refractivity contribution in [3.8, 4) is 5.75 Å². The Balaban J connectivity index is 1.45. The lowest BCUT2D eigenvalue weighted by molar-refractivity contribution is -0.126. The topological polar surface area (TPSA) is 71.5 Å². The largest absolute Gasteiger partial charge is 0.496 e. The quantitative estimate of drug-likeness (QED) is 0.621. The molecule has 3 aromatic rings. The zero-order valence-corrected chi connectivity index (χ0v) is 19.0. The molecule has 33 heavy (non-hydrogen) atoms. The molecule has 0 aliphatic carbocycles. The molecule has 170 valence electrons. The maximum Gasteiger partial charge on any atom is 0.253 e. The Kier molecular flexibility index (Phi) is 7.03. The number of amides is 2. The third-order valence-corrected chi connectivity index (χ3v) is 6.17. The van der Waals surface area contributed by atoms with E-state index in [1.165, 1.54) is 0 Å². The van der Waals surface area contributed by atoms with Gasteiger partial charge in [-0.3, -0.25) is 14.6 Å². The molecule has 1 aliphatic heterocycles. The number of nitrogens with one attached hydrogen (secondary N) is 1. The fourth-order valence-electron chi connectivity index (χ4n) is 4.25. The minimum atomic E-state index is -0.415. The summed E-state index contributed by atoms with van der Waals surface area (Å²) in [7, 11) is 1.62. The lowest BCUT2D eigenvalue weighted by Gasteiger charge is -2.32. The molecule has 2 aromatic carbocycles. The van der Waals surface area contributed by atoms with Crippen LogP contribution in [-0.2, 0) is 4.79 Å². The van der Waals surface area contributed by atoms with Crippen molar-refractivity contribution >= 4 is 11.8 Å². The summed E-state index contributed by atoms with van der Waals surface area (Å²) in [5, 5.41) is 3.19. The SMILES string of the molecule is COc1ccccc1C(NC(=O)C1CCN(C(=O)c2ccc(C)cc2)CC1)c1ccccn1. The molecule has 0 bridgehead atoms. The number of para-hydroxylation sites is 1. The van der Waals surface area contributed by atoms with Crippen molar-refractivity contribution < 1.29 is 14.3 Å². The first kappa shape index (κ1) is 22.5. The number of piperidine rings is 1. The molecule has 1 unspecified atom stereocenters. The Hall–Kier alpha value is -3.67. The van der Waals surface area contributed by atoms with Crippen molar-refractivity contribution in [2.45, 2.75) is 25.8 Å². The van der Waals surface area contributed by atoms with Gasteiger partial charge in [0.15, 0.2) is 0 Å². The molecule has 2 heterocycles. The predicted molar refractivity (Wildman–Crippen MR) is 127 cm³/mol. The Labute approximate surface area is 194 Å². The van der Waals surface area contributed by atoms with Gasteiger partial charge in [-0.1, -0.05) is 42.0 Å². The van der Waals surface area contributed by atoms with E-state index in [1.807, 2.05) is 78.6 Å². The highest BCUT2D eigenvalue weighted by Crippen LogP contribution is 2.30. The van der Waals surface area contributed by atoms with E-state index in [0.717, 1.165) is 16.8 Å². The van der Waals surface area contributed by atoms with Crippen LogP contribution in [0.5, 0.6) is 5.75 Å². The Bertz CT molecular complexity index is 1090. The summed E-state index contributed by atoms with van der Waals surface area (Å²) in [6.45, 7) is 3.13. The smallest absolute Gasteiger partial charge is 0.253 e. The highest BCUT2D eigenvalue weighted by Gasteiger charge is 2.30. The number of ether oxygens (including phenoxy) is 1. The second-order valence-corrected chi connectivity index (χ2v) is 8.37. The van der Waals surface area contributed by atoms with Crippen LogP contribution in [0, 0.1) is 12.8 Å². The minimum absolute atomic E-state index is 0.0224. The number of pyridine rings is 1. The molecule has 6 nitrogen and oxygen atoms in total. The number of methoxy groups -OCH3 is 1. The number of carbonyl (C=O) groups is 2. The van der Waals surface area contributed by atoms with Crippen LogP contribution in [-0.4, -0.2) is 41.9 Å². The molecular formula is C27H29N3O3. The van der Waals surface area contributed by atoms with Crippen LogP contribution in [0.4, 0.5) is 0 Å². The number of hydrogen-bond donors (Lipinski definition) is 1. The third-order valence-electron chi connectivity index (χ3n) is 6.17. The van der Waals surface area contributed by atoms with Crippen LogP contribution in [0.25, 0.3) is 0 Å². The zero-order chi connectivity index (χ0) is 23.2. The number of rotatable bonds is 6. The van der Waals surface area contributed by atoms with Gasteiger partial charge >= 0.3 is 0 Å². The molecule has 4 rings (SSSR count). The van der Waals surface area contributed by atoms with Gasteiger partial charge in [-0.25, -0.2) is 0 Å². The molecular weight excluding hydrogens is 414 g/mol. The van der Waals surface area contributed by atoms with Gasteiger partial charge in [0.05, 0.1) is 18.8 Å². The minimum Gasteiger partial charge on any atom is -0.496 e. The van der Waals surface area contributed by atoms with Crippen LogP contribution >= 0.6 is 0 Å². The average Bonchev–Trinajstić information content (AvgIpc) is 2.88. The lowest BCUT2D eigenvalue weighted by atomic mass is 9.93. The van der Waals surface area contributed by atoms with Crippen molar-refractivity contribution in [1.29, 1.82) is 0 Å². The number of hydrogen-bond acceptors (Lipinski definition) is 4.